The molecule has 0 aromatic heterocycles. The van der Waals surface area contributed by atoms with E-state index in [-0.39, 0.29) is 71.3 Å². The molecule has 0 saturated heterocycles. The molecule has 0 radical (unpaired) electrons. The molecule has 0 nitrogen and oxygen atoms in total. The zero-order valence-electron chi connectivity index (χ0n) is 31.2. The average molecular weight is 919 g/mol. The van der Waals surface area contributed by atoms with Gasteiger partial charge in [0.2, 0.25) is 0 Å². The Balaban J connectivity index is 0.00000209. The van der Waals surface area contributed by atoms with E-state index in [1.807, 2.05) is 0 Å². The van der Waals surface area contributed by atoms with Crippen LogP contribution in [0.1, 0.15) is 38.9 Å². The van der Waals surface area contributed by atoms with E-state index < -0.39 is 15.8 Å². The number of halogens is 4. The van der Waals surface area contributed by atoms with E-state index in [9.17, 15) is 0 Å². The molecule has 7 aromatic carbocycles. The SMILES string of the molecule is [Cl-].[Cl-].[Cl-].[Cl-].[Ti+4].c1ccc([CH2][Zr]([CH2]c2ccccc2)([CH2]c2ccccc2)([CH2]c2ccccc2)([CH2]c2ccccc2)([CH2]c2ccccc2)[CH2]c2ccccc2)cc1. The van der Waals surface area contributed by atoms with E-state index >= 15 is 0 Å². The van der Waals surface area contributed by atoms with Crippen LogP contribution in [0.2, 0.25) is 0 Å². The second-order valence-corrected chi connectivity index (χ2v) is 48.8. The third-order valence-corrected chi connectivity index (χ3v) is 45.4. The third-order valence-electron chi connectivity index (χ3n) is 12.6. The summed E-state index contributed by atoms with van der Waals surface area (Å²) >= 11 is -5.97. The van der Waals surface area contributed by atoms with Crippen molar-refractivity contribution in [3.8, 4) is 0 Å². The molecule has 0 bridgehead atoms. The molecule has 6 heteroatoms. The molecule has 0 N–H and O–H groups in total. The summed E-state index contributed by atoms with van der Waals surface area (Å²) in [5, 5.41) is 0. The molecule has 0 atom stereocenters. The molecule has 55 heavy (non-hydrogen) atoms. The zero-order chi connectivity index (χ0) is 34.1. The predicted molar refractivity (Wildman–Crippen MR) is 211 cm³/mol. The van der Waals surface area contributed by atoms with Crippen LogP contribution in [-0.2, 0) is 66.4 Å². The molecule has 0 saturated carbocycles. The fourth-order valence-electron chi connectivity index (χ4n) is 11.5. The maximum absolute atomic E-state index is 5.97. The summed E-state index contributed by atoms with van der Waals surface area (Å²) in [4.78, 5) is 0. The number of rotatable bonds is 14. The van der Waals surface area contributed by atoms with Crippen LogP contribution in [0.5, 0.6) is 0 Å². The Kier molecular flexibility index (Phi) is 17.3. The van der Waals surface area contributed by atoms with E-state index in [2.05, 4.69) is 212 Å². The minimum atomic E-state index is -5.97. The van der Waals surface area contributed by atoms with Crippen molar-refractivity contribution in [1.29, 1.82) is 0 Å². The molecule has 0 spiro atoms. The molecule has 281 valence electrons. The van der Waals surface area contributed by atoms with Crippen molar-refractivity contribution in [2.75, 3.05) is 0 Å². The molecule has 7 rings (SSSR count). The average Bonchev–Trinajstić information content (AvgIpc) is 3.14. The molecule has 7 aromatic rings. The Hall–Kier alpha value is -2.70. The second-order valence-electron chi connectivity index (χ2n) is 16.9. The first-order valence-corrected chi connectivity index (χ1v) is 30.5. The van der Waals surface area contributed by atoms with Crippen LogP contribution in [0.4, 0.5) is 0 Å². The summed E-state index contributed by atoms with van der Waals surface area (Å²) in [7, 11) is 0. The van der Waals surface area contributed by atoms with E-state index in [4.69, 9.17) is 0 Å². The van der Waals surface area contributed by atoms with Crippen LogP contribution in [0.15, 0.2) is 212 Å². The Morgan fingerprint density at radius 2 is 0.309 bits per heavy atom. The normalized spacial score (nSPS) is 12.5. The second kappa shape index (κ2) is 19.6. The van der Waals surface area contributed by atoms with E-state index in [1.54, 1.807) is 0 Å². The summed E-state index contributed by atoms with van der Waals surface area (Å²) in [6.07, 6.45) is 0. The molecular weight excluding hydrogens is 869 g/mol. The Bertz CT molecular complexity index is 1680. The zero-order valence-corrected chi connectivity index (χ0v) is 38.2. The summed E-state index contributed by atoms with van der Waals surface area (Å²) in [6.45, 7) is 0. The van der Waals surface area contributed by atoms with E-state index in [1.165, 1.54) is 38.9 Å². The minimum absolute atomic E-state index is 0. The van der Waals surface area contributed by atoms with Crippen LogP contribution in [0.3, 0.4) is 0 Å². The maximum atomic E-state index is 2.42. The monoisotopic (exact) mass is 915 g/mol. The van der Waals surface area contributed by atoms with Crippen molar-refractivity contribution in [1.82, 2.24) is 0 Å². The summed E-state index contributed by atoms with van der Waals surface area (Å²) in [5.41, 5.74) is 10.1. The van der Waals surface area contributed by atoms with Crippen molar-refractivity contribution in [3.05, 3.63) is 251 Å². The first-order chi connectivity index (χ1) is 24.4. The van der Waals surface area contributed by atoms with Gasteiger partial charge in [0, 0.05) is 0 Å². The first kappa shape index (κ1) is 48.4. The summed E-state index contributed by atoms with van der Waals surface area (Å²) in [5.74, 6) is 0. The van der Waals surface area contributed by atoms with E-state index in [0.717, 1.165) is 28.9 Å². The van der Waals surface area contributed by atoms with E-state index in [0.29, 0.717) is 0 Å². The molecule has 0 heterocycles. The van der Waals surface area contributed by atoms with Gasteiger partial charge in [-0.25, -0.2) is 0 Å². The van der Waals surface area contributed by atoms with Crippen molar-refractivity contribution in [2.45, 2.75) is 28.9 Å². The molecule has 0 amide bonds. The Labute approximate surface area is 363 Å². The van der Waals surface area contributed by atoms with Crippen molar-refractivity contribution >= 4 is 0 Å². The van der Waals surface area contributed by atoms with Crippen molar-refractivity contribution in [3.63, 3.8) is 0 Å². The van der Waals surface area contributed by atoms with Gasteiger partial charge in [0.15, 0.2) is 0 Å². The molecule has 0 fully saturated rings. The molecular formula is C49H49Cl4TiZr. The first-order valence-electron chi connectivity index (χ1n) is 18.3. The summed E-state index contributed by atoms with van der Waals surface area (Å²) < 4.78 is 7.36. The topological polar surface area (TPSA) is 0 Å². The Morgan fingerprint density at radius 1 is 0.200 bits per heavy atom. The fourth-order valence-corrected chi connectivity index (χ4v) is 51.9. The van der Waals surface area contributed by atoms with Gasteiger partial charge in [-0.15, -0.1) is 0 Å². The summed E-state index contributed by atoms with van der Waals surface area (Å²) in [6, 6.07) is 80.9. The van der Waals surface area contributed by atoms with Gasteiger partial charge in [-0.1, -0.05) is 0 Å². The number of benzene rings is 7. The van der Waals surface area contributed by atoms with Crippen LogP contribution in [0.25, 0.3) is 0 Å². The number of hydrogen-bond acceptors (Lipinski definition) is 0. The predicted octanol–water partition coefficient (Wildman–Crippen LogP) is 0.162. The standard InChI is InChI=1S/7C7H7.4ClH.Ti.Zr/c7*1-7-5-3-2-4-6-7;;;;;;/h7*2-6H,1H2;4*1H;;/q;;;;;;;;;;;+4;/p-4. The fraction of sp³-hybridized carbons (Fsp3) is 0.143. The van der Waals surface area contributed by atoms with Crippen molar-refractivity contribution < 1.29 is 87.2 Å². The van der Waals surface area contributed by atoms with Gasteiger partial charge >= 0.3 is 318 Å². The Morgan fingerprint density at radius 3 is 0.418 bits per heavy atom. The molecule has 0 unspecified atom stereocenters. The van der Waals surface area contributed by atoms with Crippen LogP contribution < -0.4 is 49.6 Å². The van der Waals surface area contributed by atoms with Gasteiger partial charge in [0.05, 0.1) is 0 Å². The quantitative estimate of drug-likeness (QED) is 0.137. The van der Waals surface area contributed by atoms with Gasteiger partial charge < -0.3 is 49.6 Å². The van der Waals surface area contributed by atoms with Crippen molar-refractivity contribution in [2.24, 2.45) is 0 Å². The van der Waals surface area contributed by atoms with Crippen LogP contribution >= 0.6 is 0 Å². The van der Waals surface area contributed by atoms with Gasteiger partial charge in [0.1, 0.15) is 0 Å². The van der Waals surface area contributed by atoms with Gasteiger partial charge in [-0.2, -0.15) is 0 Å². The van der Waals surface area contributed by atoms with Gasteiger partial charge in [0.25, 0.3) is 0 Å². The van der Waals surface area contributed by atoms with Gasteiger partial charge in [-0.3, -0.25) is 0 Å². The molecule has 0 aliphatic heterocycles. The van der Waals surface area contributed by atoms with Crippen LogP contribution in [0, 0.1) is 0 Å². The number of hydrogen-bond donors (Lipinski definition) is 0. The molecule has 0 aliphatic carbocycles. The van der Waals surface area contributed by atoms with Crippen LogP contribution in [-0.4, -0.2) is 0 Å². The third kappa shape index (κ3) is 10.4. The van der Waals surface area contributed by atoms with Gasteiger partial charge in [-0.05, 0) is 0 Å². The molecule has 0 aliphatic rings.